The molecule has 0 atom stereocenters. The zero-order valence-corrected chi connectivity index (χ0v) is 14.3. The largest absolute Gasteiger partial charge is 0.480 e. The Balaban J connectivity index is 2.52. The SMILES string of the molecule is CC(=O)c1ccc(NC(=O)/C=C(/C)C(=O)NCC(=O)NCC(=O)O)cc1. The van der Waals surface area contributed by atoms with Crippen LogP contribution in [-0.2, 0) is 19.2 Å². The number of rotatable bonds is 8. The summed E-state index contributed by atoms with van der Waals surface area (Å²) in [7, 11) is 0. The van der Waals surface area contributed by atoms with Crippen molar-refractivity contribution in [3.05, 3.63) is 41.5 Å². The van der Waals surface area contributed by atoms with Crippen LogP contribution in [0.3, 0.4) is 0 Å². The molecule has 0 heterocycles. The van der Waals surface area contributed by atoms with Crippen molar-refractivity contribution in [2.75, 3.05) is 18.4 Å². The molecule has 0 saturated carbocycles. The Hall–Kier alpha value is -3.49. The predicted octanol–water partition coefficient (Wildman–Crippen LogP) is 0.0910. The zero-order valence-electron chi connectivity index (χ0n) is 14.3. The van der Waals surface area contributed by atoms with Crippen LogP contribution in [0.1, 0.15) is 24.2 Å². The number of anilines is 1. The van der Waals surface area contributed by atoms with Gasteiger partial charge in [-0.3, -0.25) is 24.0 Å². The average Bonchev–Trinajstić information content (AvgIpc) is 2.57. The predicted molar refractivity (Wildman–Crippen MR) is 92.5 cm³/mol. The lowest BCUT2D eigenvalue weighted by atomic mass is 10.1. The molecule has 0 radical (unpaired) electrons. The fourth-order valence-corrected chi connectivity index (χ4v) is 1.77. The Morgan fingerprint density at radius 2 is 1.58 bits per heavy atom. The van der Waals surface area contributed by atoms with Gasteiger partial charge in [0.1, 0.15) is 6.54 Å². The van der Waals surface area contributed by atoms with Gasteiger partial charge in [0.05, 0.1) is 6.54 Å². The minimum Gasteiger partial charge on any atom is -0.480 e. The number of carbonyl (C=O) groups excluding carboxylic acids is 4. The van der Waals surface area contributed by atoms with Gasteiger partial charge in [-0.05, 0) is 38.1 Å². The molecule has 1 aromatic rings. The molecule has 0 aliphatic carbocycles. The van der Waals surface area contributed by atoms with Gasteiger partial charge >= 0.3 is 5.97 Å². The standard InChI is InChI=1S/C17H19N3O6/c1-10(17(26)19-8-15(23)18-9-16(24)25)7-14(22)20-13-5-3-12(4-6-13)11(2)21/h3-7H,8-9H2,1-2H3,(H,18,23)(H,19,26)(H,20,22)(H,24,25)/b10-7-. The normalized spacial score (nSPS) is 10.6. The average molecular weight is 361 g/mol. The van der Waals surface area contributed by atoms with Gasteiger partial charge in [0.15, 0.2) is 5.78 Å². The van der Waals surface area contributed by atoms with Gasteiger partial charge in [-0.15, -0.1) is 0 Å². The summed E-state index contributed by atoms with van der Waals surface area (Å²) in [5, 5.41) is 15.3. The van der Waals surface area contributed by atoms with Crippen LogP contribution >= 0.6 is 0 Å². The number of aliphatic carboxylic acids is 1. The Bertz CT molecular complexity index is 752. The van der Waals surface area contributed by atoms with E-state index in [1.165, 1.54) is 13.8 Å². The van der Waals surface area contributed by atoms with Crippen molar-refractivity contribution < 1.29 is 29.1 Å². The van der Waals surface area contributed by atoms with Gasteiger partial charge in [-0.25, -0.2) is 0 Å². The van der Waals surface area contributed by atoms with Crippen molar-refractivity contribution >= 4 is 35.2 Å². The Morgan fingerprint density at radius 3 is 2.12 bits per heavy atom. The molecular weight excluding hydrogens is 342 g/mol. The van der Waals surface area contributed by atoms with E-state index in [0.29, 0.717) is 11.3 Å². The third-order valence-electron chi connectivity index (χ3n) is 3.11. The topological polar surface area (TPSA) is 142 Å². The van der Waals surface area contributed by atoms with Gasteiger partial charge in [-0.1, -0.05) is 0 Å². The fourth-order valence-electron chi connectivity index (χ4n) is 1.77. The maximum atomic E-state index is 11.9. The summed E-state index contributed by atoms with van der Waals surface area (Å²) in [6.45, 7) is 1.86. The fraction of sp³-hybridized carbons (Fsp3) is 0.235. The van der Waals surface area contributed by atoms with E-state index < -0.39 is 36.8 Å². The molecule has 0 unspecified atom stereocenters. The summed E-state index contributed by atoms with van der Waals surface area (Å²) in [5.74, 6) is -3.15. The van der Waals surface area contributed by atoms with E-state index in [1.807, 2.05) is 0 Å². The molecule has 0 aliphatic rings. The summed E-state index contributed by atoms with van der Waals surface area (Å²) in [6.07, 6.45) is 1.06. The lowest BCUT2D eigenvalue weighted by Crippen LogP contribution is -2.39. The summed E-state index contributed by atoms with van der Waals surface area (Å²) >= 11 is 0. The lowest BCUT2D eigenvalue weighted by Gasteiger charge is -2.06. The molecule has 0 aromatic heterocycles. The minimum absolute atomic E-state index is 0.0638. The van der Waals surface area contributed by atoms with E-state index in [9.17, 15) is 24.0 Å². The van der Waals surface area contributed by atoms with Crippen LogP contribution in [0.2, 0.25) is 0 Å². The van der Waals surface area contributed by atoms with Crippen molar-refractivity contribution in [1.82, 2.24) is 10.6 Å². The molecular formula is C17H19N3O6. The molecule has 1 aromatic carbocycles. The first-order valence-electron chi connectivity index (χ1n) is 7.56. The van der Waals surface area contributed by atoms with E-state index in [4.69, 9.17) is 5.11 Å². The van der Waals surface area contributed by atoms with E-state index in [0.717, 1.165) is 6.08 Å². The molecule has 4 N–H and O–H groups in total. The second kappa shape index (κ2) is 9.72. The van der Waals surface area contributed by atoms with Crippen molar-refractivity contribution in [2.24, 2.45) is 0 Å². The lowest BCUT2D eigenvalue weighted by molar-refractivity contribution is -0.137. The summed E-state index contributed by atoms with van der Waals surface area (Å²) in [6, 6.07) is 6.25. The van der Waals surface area contributed by atoms with E-state index in [2.05, 4.69) is 16.0 Å². The van der Waals surface area contributed by atoms with Crippen LogP contribution in [0, 0.1) is 0 Å². The number of Topliss-reactive ketones (excluding diaryl/α,β-unsaturated/α-hetero) is 1. The second-order valence-corrected chi connectivity index (χ2v) is 5.30. The van der Waals surface area contributed by atoms with Crippen LogP contribution in [0.15, 0.2) is 35.9 Å². The van der Waals surface area contributed by atoms with E-state index in [-0.39, 0.29) is 11.4 Å². The molecule has 0 bridgehead atoms. The number of carbonyl (C=O) groups is 5. The quantitative estimate of drug-likeness (QED) is 0.382. The van der Waals surface area contributed by atoms with E-state index >= 15 is 0 Å². The molecule has 0 saturated heterocycles. The first-order valence-corrected chi connectivity index (χ1v) is 7.56. The number of amides is 3. The van der Waals surface area contributed by atoms with Gasteiger partial charge in [-0.2, -0.15) is 0 Å². The summed E-state index contributed by atoms with van der Waals surface area (Å²) in [4.78, 5) is 56.5. The number of ketones is 1. The van der Waals surface area contributed by atoms with Crippen LogP contribution in [-0.4, -0.2) is 47.7 Å². The van der Waals surface area contributed by atoms with Gasteiger partial charge in [0.25, 0.3) is 0 Å². The van der Waals surface area contributed by atoms with Crippen molar-refractivity contribution in [3.8, 4) is 0 Å². The van der Waals surface area contributed by atoms with Crippen molar-refractivity contribution in [3.63, 3.8) is 0 Å². The highest BCUT2D eigenvalue weighted by Gasteiger charge is 2.10. The Morgan fingerprint density at radius 1 is 0.962 bits per heavy atom. The number of carboxylic acid groups (broad SMARTS) is 1. The highest BCUT2D eigenvalue weighted by molar-refractivity contribution is 6.06. The van der Waals surface area contributed by atoms with Gasteiger partial charge in [0, 0.05) is 22.9 Å². The van der Waals surface area contributed by atoms with Crippen molar-refractivity contribution in [1.29, 1.82) is 0 Å². The smallest absolute Gasteiger partial charge is 0.322 e. The molecule has 138 valence electrons. The molecule has 1 rings (SSSR count). The maximum Gasteiger partial charge on any atom is 0.322 e. The van der Waals surface area contributed by atoms with Crippen LogP contribution in [0.5, 0.6) is 0 Å². The van der Waals surface area contributed by atoms with Crippen molar-refractivity contribution in [2.45, 2.75) is 13.8 Å². The monoisotopic (exact) mass is 361 g/mol. The van der Waals surface area contributed by atoms with Gasteiger partial charge < -0.3 is 21.1 Å². The summed E-state index contributed by atoms with van der Waals surface area (Å²) < 4.78 is 0. The molecule has 0 aliphatic heterocycles. The first-order chi connectivity index (χ1) is 12.2. The van der Waals surface area contributed by atoms with E-state index in [1.54, 1.807) is 24.3 Å². The highest BCUT2D eigenvalue weighted by atomic mass is 16.4. The molecule has 26 heavy (non-hydrogen) atoms. The number of benzene rings is 1. The molecule has 9 nitrogen and oxygen atoms in total. The number of hydrogen-bond acceptors (Lipinski definition) is 5. The van der Waals surface area contributed by atoms with Crippen LogP contribution in [0.25, 0.3) is 0 Å². The third-order valence-corrected chi connectivity index (χ3v) is 3.11. The number of hydrogen-bond donors (Lipinski definition) is 4. The zero-order chi connectivity index (χ0) is 19.7. The summed E-state index contributed by atoms with van der Waals surface area (Å²) in [5.41, 5.74) is 1.03. The molecule has 0 fully saturated rings. The maximum absolute atomic E-state index is 11.9. The second-order valence-electron chi connectivity index (χ2n) is 5.30. The Labute approximate surface area is 149 Å². The van der Waals surface area contributed by atoms with Crippen LogP contribution in [0.4, 0.5) is 5.69 Å². The number of nitrogens with one attached hydrogen (secondary N) is 3. The molecule has 9 heteroatoms. The van der Waals surface area contributed by atoms with Gasteiger partial charge in [0.2, 0.25) is 17.7 Å². The Kier molecular flexibility index (Phi) is 7.68. The third kappa shape index (κ3) is 7.39. The highest BCUT2D eigenvalue weighted by Crippen LogP contribution is 2.10. The van der Waals surface area contributed by atoms with Crippen LogP contribution < -0.4 is 16.0 Å². The molecule has 0 spiro atoms. The minimum atomic E-state index is -1.20. The molecule has 3 amide bonds. The number of carboxylic acids is 1. The first kappa shape index (κ1) is 20.6.